The van der Waals surface area contributed by atoms with Gasteiger partial charge in [0.1, 0.15) is 5.75 Å². The zero-order valence-electron chi connectivity index (χ0n) is 12.1. The molecule has 21 heavy (non-hydrogen) atoms. The lowest BCUT2D eigenvalue weighted by atomic mass is 10.00. The zero-order valence-corrected chi connectivity index (χ0v) is 12.8. The Hall–Kier alpha value is -1.88. The normalized spacial score (nSPS) is 21.8. The first-order valence-corrected chi connectivity index (χ1v) is 6.96. The van der Waals surface area contributed by atoms with Gasteiger partial charge in [0, 0.05) is 17.4 Å². The molecule has 1 saturated heterocycles. The van der Waals surface area contributed by atoms with Crippen LogP contribution in [0.25, 0.3) is 0 Å². The summed E-state index contributed by atoms with van der Waals surface area (Å²) >= 11 is 5.97. The Bertz CT molecular complexity index is 594. The lowest BCUT2D eigenvalue weighted by molar-refractivity contribution is -0.139. The van der Waals surface area contributed by atoms with Gasteiger partial charge in [0.25, 0.3) is 0 Å². The van der Waals surface area contributed by atoms with E-state index >= 15 is 0 Å². The van der Waals surface area contributed by atoms with Crippen LogP contribution in [0.1, 0.15) is 24.2 Å². The predicted molar refractivity (Wildman–Crippen MR) is 77.4 cm³/mol. The first-order chi connectivity index (χ1) is 9.86. The molecule has 2 amide bonds. The largest absolute Gasteiger partial charge is 0.495 e. The number of carbonyl (C=O) groups is 3. The second-order valence-corrected chi connectivity index (χ2v) is 5.52. The molecule has 0 saturated carbocycles. The number of benzene rings is 1. The van der Waals surface area contributed by atoms with Gasteiger partial charge in [-0.25, -0.2) is 0 Å². The van der Waals surface area contributed by atoms with E-state index < -0.39 is 0 Å². The number of methoxy groups -OCH3 is 1. The predicted octanol–water partition coefficient (Wildman–Crippen LogP) is 2.17. The maximum Gasteiger partial charge on any atom is 0.233 e. The van der Waals surface area contributed by atoms with Crippen molar-refractivity contribution in [3.05, 3.63) is 28.8 Å². The minimum Gasteiger partial charge on any atom is -0.495 e. The second-order valence-electron chi connectivity index (χ2n) is 5.11. The van der Waals surface area contributed by atoms with Crippen molar-refractivity contribution in [2.45, 2.75) is 13.8 Å². The first-order valence-electron chi connectivity index (χ1n) is 6.58. The van der Waals surface area contributed by atoms with Crippen LogP contribution < -0.4 is 4.74 Å². The Kier molecular flexibility index (Phi) is 4.32. The van der Waals surface area contributed by atoms with Crippen molar-refractivity contribution in [2.24, 2.45) is 11.8 Å². The summed E-state index contributed by atoms with van der Waals surface area (Å²) in [6, 6.07) is 4.61. The number of halogens is 1. The van der Waals surface area contributed by atoms with Crippen LogP contribution in [0.3, 0.4) is 0 Å². The molecule has 112 valence electrons. The van der Waals surface area contributed by atoms with Gasteiger partial charge >= 0.3 is 0 Å². The minimum atomic E-state index is -0.384. The van der Waals surface area contributed by atoms with E-state index in [2.05, 4.69) is 0 Å². The van der Waals surface area contributed by atoms with Crippen LogP contribution >= 0.6 is 11.6 Å². The van der Waals surface area contributed by atoms with Crippen LogP contribution in [0, 0.1) is 11.8 Å². The van der Waals surface area contributed by atoms with Crippen molar-refractivity contribution in [3.63, 3.8) is 0 Å². The third-order valence-electron chi connectivity index (χ3n) is 3.84. The van der Waals surface area contributed by atoms with Crippen molar-refractivity contribution in [3.8, 4) is 5.75 Å². The molecule has 1 heterocycles. The molecule has 0 spiro atoms. The topological polar surface area (TPSA) is 63.7 Å². The standard InChI is InChI=1S/C15H16ClNO4/c1-8-9(2)15(20)17(14(8)19)7-12(18)10-4-5-13(21-3)11(16)6-10/h4-6,8-9H,7H2,1-3H3. The number of Topliss-reactive ketones (excluding diaryl/α,β-unsaturated/α-hetero) is 1. The van der Waals surface area contributed by atoms with E-state index in [9.17, 15) is 14.4 Å². The molecular weight excluding hydrogens is 294 g/mol. The molecule has 1 aliphatic rings. The van der Waals surface area contributed by atoms with E-state index in [0.29, 0.717) is 16.3 Å². The summed E-state index contributed by atoms with van der Waals surface area (Å²) in [6.45, 7) is 3.13. The lowest BCUT2D eigenvalue weighted by Gasteiger charge is -2.14. The number of nitrogens with zero attached hydrogens (tertiary/aromatic N) is 1. The third kappa shape index (κ3) is 2.78. The van der Waals surface area contributed by atoms with Gasteiger partial charge in [0.15, 0.2) is 5.78 Å². The van der Waals surface area contributed by atoms with Crippen molar-refractivity contribution in [1.29, 1.82) is 0 Å². The zero-order chi connectivity index (χ0) is 15.7. The number of ketones is 1. The Morgan fingerprint density at radius 3 is 2.29 bits per heavy atom. The fraction of sp³-hybridized carbons (Fsp3) is 0.400. The summed E-state index contributed by atoms with van der Waals surface area (Å²) in [5, 5.41) is 0.309. The van der Waals surface area contributed by atoms with E-state index in [0.717, 1.165) is 4.90 Å². The van der Waals surface area contributed by atoms with E-state index in [1.54, 1.807) is 26.0 Å². The van der Waals surface area contributed by atoms with E-state index in [1.165, 1.54) is 13.2 Å². The number of carbonyl (C=O) groups excluding carboxylic acids is 3. The third-order valence-corrected chi connectivity index (χ3v) is 4.13. The van der Waals surface area contributed by atoms with Gasteiger partial charge in [-0.2, -0.15) is 0 Å². The molecule has 2 rings (SSSR count). The quantitative estimate of drug-likeness (QED) is 0.631. The summed E-state index contributed by atoms with van der Waals surface area (Å²) in [5.41, 5.74) is 0.341. The molecule has 6 heteroatoms. The Labute approximate surface area is 127 Å². The fourth-order valence-corrected chi connectivity index (χ4v) is 2.52. The van der Waals surface area contributed by atoms with Crippen LogP contribution in [-0.4, -0.2) is 36.2 Å². The van der Waals surface area contributed by atoms with Gasteiger partial charge in [-0.3, -0.25) is 19.3 Å². The maximum atomic E-state index is 12.2. The van der Waals surface area contributed by atoms with Crippen molar-refractivity contribution in [2.75, 3.05) is 13.7 Å². The van der Waals surface area contributed by atoms with Crippen LogP contribution in [-0.2, 0) is 9.59 Å². The fourth-order valence-electron chi connectivity index (χ4n) is 2.26. The summed E-state index contributed by atoms with van der Waals surface area (Å²) < 4.78 is 5.01. The van der Waals surface area contributed by atoms with Gasteiger partial charge < -0.3 is 4.74 Å². The summed E-state index contributed by atoms with van der Waals surface area (Å²) in [7, 11) is 1.48. The Morgan fingerprint density at radius 2 is 1.81 bits per heavy atom. The average Bonchev–Trinajstić information content (AvgIpc) is 2.65. The maximum absolute atomic E-state index is 12.2. The number of hydrogen-bond acceptors (Lipinski definition) is 4. The van der Waals surface area contributed by atoms with Gasteiger partial charge in [-0.15, -0.1) is 0 Å². The summed E-state index contributed by atoms with van der Waals surface area (Å²) in [4.78, 5) is 37.2. The van der Waals surface area contributed by atoms with Gasteiger partial charge in [-0.1, -0.05) is 25.4 Å². The van der Waals surface area contributed by atoms with E-state index in [1.807, 2.05) is 0 Å². The number of likely N-dealkylation sites (tertiary alicyclic amines) is 1. The van der Waals surface area contributed by atoms with E-state index in [-0.39, 0.29) is 36.0 Å². The highest BCUT2D eigenvalue weighted by Gasteiger charge is 2.42. The molecule has 1 aromatic rings. The van der Waals surface area contributed by atoms with Crippen LogP contribution in [0.4, 0.5) is 0 Å². The van der Waals surface area contributed by atoms with Crippen LogP contribution in [0.2, 0.25) is 5.02 Å². The Balaban J connectivity index is 2.17. The van der Waals surface area contributed by atoms with Crippen molar-refractivity contribution < 1.29 is 19.1 Å². The number of hydrogen-bond donors (Lipinski definition) is 0. The molecule has 5 nitrogen and oxygen atoms in total. The SMILES string of the molecule is COc1ccc(C(=O)CN2C(=O)C(C)C(C)C2=O)cc1Cl. The highest BCUT2D eigenvalue weighted by atomic mass is 35.5. The van der Waals surface area contributed by atoms with Gasteiger partial charge in [-0.05, 0) is 18.2 Å². The molecular formula is C15H16ClNO4. The molecule has 0 bridgehead atoms. The van der Waals surface area contributed by atoms with Crippen molar-refractivity contribution in [1.82, 2.24) is 4.90 Å². The molecule has 1 fully saturated rings. The van der Waals surface area contributed by atoms with Gasteiger partial charge in [0.05, 0.1) is 18.7 Å². The highest BCUT2D eigenvalue weighted by molar-refractivity contribution is 6.32. The molecule has 2 unspecified atom stereocenters. The lowest BCUT2D eigenvalue weighted by Crippen LogP contribution is -2.35. The Morgan fingerprint density at radius 1 is 1.24 bits per heavy atom. The second kappa shape index (κ2) is 5.85. The summed E-state index contributed by atoms with van der Waals surface area (Å²) in [5.74, 6) is -1.25. The van der Waals surface area contributed by atoms with E-state index in [4.69, 9.17) is 16.3 Å². The molecule has 0 radical (unpaired) electrons. The average molecular weight is 310 g/mol. The molecule has 0 aromatic heterocycles. The van der Waals surface area contributed by atoms with Gasteiger partial charge in [0.2, 0.25) is 11.8 Å². The molecule has 1 aromatic carbocycles. The monoisotopic (exact) mass is 309 g/mol. The molecule has 0 N–H and O–H groups in total. The number of imide groups is 1. The van der Waals surface area contributed by atoms with Crippen molar-refractivity contribution >= 4 is 29.2 Å². The molecule has 2 atom stereocenters. The highest BCUT2D eigenvalue weighted by Crippen LogP contribution is 2.27. The minimum absolute atomic E-state index is 0.255. The number of amides is 2. The first kappa shape index (κ1) is 15.5. The van der Waals surface area contributed by atoms with Crippen LogP contribution in [0.15, 0.2) is 18.2 Å². The summed E-state index contributed by atoms with van der Waals surface area (Å²) in [6.07, 6.45) is 0. The van der Waals surface area contributed by atoms with Crippen LogP contribution in [0.5, 0.6) is 5.75 Å². The molecule has 0 aliphatic carbocycles. The molecule has 1 aliphatic heterocycles. The smallest absolute Gasteiger partial charge is 0.233 e. The number of ether oxygens (including phenoxy) is 1. The number of rotatable bonds is 4.